The highest BCUT2D eigenvalue weighted by atomic mass is 16.5. The van der Waals surface area contributed by atoms with Gasteiger partial charge in [-0.15, -0.1) is 0 Å². The van der Waals surface area contributed by atoms with Gasteiger partial charge >= 0.3 is 0 Å². The summed E-state index contributed by atoms with van der Waals surface area (Å²) in [6, 6.07) is 0.868. The van der Waals surface area contributed by atoms with Gasteiger partial charge in [0.05, 0.1) is 12.6 Å². The predicted octanol–water partition coefficient (Wildman–Crippen LogP) is 1.45. The maximum atomic E-state index is 12.3. The lowest BCUT2D eigenvalue weighted by Crippen LogP contribution is -2.48. The molecule has 2 aliphatic heterocycles. The van der Waals surface area contributed by atoms with Gasteiger partial charge in [0.15, 0.2) is 0 Å². The standard InChI is InChI=1S/C15H26N2O2/c1-10(12-6-7-19-9-12)16-15(18)14-8-11-4-2-3-5-13(11)17-14/h10-14,17H,2-9H2,1H3,(H,16,18). The van der Waals surface area contributed by atoms with Crippen LogP contribution in [0.5, 0.6) is 0 Å². The lowest BCUT2D eigenvalue weighted by atomic mass is 9.85. The number of ether oxygens (including phenoxy) is 1. The third kappa shape index (κ3) is 2.95. The van der Waals surface area contributed by atoms with Gasteiger partial charge in [-0.25, -0.2) is 0 Å². The zero-order chi connectivity index (χ0) is 13.2. The Morgan fingerprint density at radius 2 is 2.16 bits per heavy atom. The number of fused-ring (bicyclic) bond motifs is 1. The van der Waals surface area contributed by atoms with Crippen molar-refractivity contribution in [2.75, 3.05) is 13.2 Å². The van der Waals surface area contributed by atoms with E-state index in [1.165, 1.54) is 25.7 Å². The number of hydrogen-bond acceptors (Lipinski definition) is 3. The molecule has 2 heterocycles. The zero-order valence-electron chi connectivity index (χ0n) is 11.9. The Hall–Kier alpha value is -0.610. The van der Waals surface area contributed by atoms with Crippen LogP contribution < -0.4 is 10.6 Å². The minimum absolute atomic E-state index is 0.0397. The van der Waals surface area contributed by atoms with Gasteiger partial charge < -0.3 is 15.4 Å². The molecule has 3 aliphatic rings. The van der Waals surface area contributed by atoms with E-state index >= 15 is 0 Å². The van der Waals surface area contributed by atoms with Crippen LogP contribution in [0.15, 0.2) is 0 Å². The second kappa shape index (κ2) is 5.80. The molecule has 5 unspecified atom stereocenters. The number of carbonyl (C=O) groups is 1. The van der Waals surface area contributed by atoms with Gasteiger partial charge in [-0.3, -0.25) is 4.79 Å². The molecule has 0 spiro atoms. The van der Waals surface area contributed by atoms with Gasteiger partial charge in [0.25, 0.3) is 0 Å². The van der Waals surface area contributed by atoms with Gasteiger partial charge in [-0.05, 0) is 38.5 Å². The van der Waals surface area contributed by atoms with E-state index in [2.05, 4.69) is 17.6 Å². The van der Waals surface area contributed by atoms with Crippen LogP contribution in [-0.4, -0.2) is 37.2 Å². The normalized spacial score (nSPS) is 39.8. The van der Waals surface area contributed by atoms with Gasteiger partial charge in [-0.1, -0.05) is 12.8 Å². The average Bonchev–Trinajstić information content (AvgIpc) is 3.07. The third-order valence-corrected chi connectivity index (χ3v) is 5.22. The van der Waals surface area contributed by atoms with Crippen molar-refractivity contribution >= 4 is 5.91 Å². The van der Waals surface area contributed by atoms with Crippen molar-refractivity contribution in [3.05, 3.63) is 0 Å². The number of carbonyl (C=O) groups excluding carboxylic acids is 1. The number of amides is 1. The van der Waals surface area contributed by atoms with Gasteiger partial charge in [-0.2, -0.15) is 0 Å². The van der Waals surface area contributed by atoms with E-state index in [1.807, 2.05) is 0 Å². The smallest absolute Gasteiger partial charge is 0.237 e. The monoisotopic (exact) mass is 266 g/mol. The van der Waals surface area contributed by atoms with Crippen molar-refractivity contribution in [1.29, 1.82) is 0 Å². The molecule has 0 bridgehead atoms. The molecule has 0 aromatic carbocycles. The second-order valence-corrected chi connectivity index (χ2v) is 6.53. The molecule has 2 saturated heterocycles. The van der Waals surface area contributed by atoms with E-state index in [-0.39, 0.29) is 18.0 Å². The second-order valence-electron chi connectivity index (χ2n) is 6.53. The van der Waals surface area contributed by atoms with Crippen LogP contribution >= 0.6 is 0 Å². The van der Waals surface area contributed by atoms with Crippen molar-refractivity contribution in [3.63, 3.8) is 0 Å². The molecule has 3 fully saturated rings. The molecule has 0 aromatic heterocycles. The van der Waals surface area contributed by atoms with Gasteiger partial charge in [0, 0.05) is 24.6 Å². The molecule has 2 N–H and O–H groups in total. The minimum atomic E-state index is 0.0397. The molecule has 108 valence electrons. The van der Waals surface area contributed by atoms with E-state index in [4.69, 9.17) is 4.74 Å². The largest absolute Gasteiger partial charge is 0.381 e. The Balaban J connectivity index is 1.50. The Labute approximate surface area is 115 Å². The first kappa shape index (κ1) is 13.4. The van der Waals surface area contributed by atoms with E-state index in [0.29, 0.717) is 12.0 Å². The molecule has 0 aromatic rings. The predicted molar refractivity (Wildman–Crippen MR) is 73.8 cm³/mol. The lowest BCUT2D eigenvalue weighted by Gasteiger charge is -2.24. The molecular weight excluding hydrogens is 240 g/mol. The fraction of sp³-hybridized carbons (Fsp3) is 0.933. The van der Waals surface area contributed by atoms with E-state index in [0.717, 1.165) is 32.0 Å². The highest BCUT2D eigenvalue weighted by Crippen LogP contribution is 2.33. The molecule has 4 heteroatoms. The Morgan fingerprint density at radius 1 is 1.32 bits per heavy atom. The summed E-state index contributed by atoms with van der Waals surface area (Å²) in [5.41, 5.74) is 0. The number of hydrogen-bond donors (Lipinski definition) is 2. The molecule has 1 amide bonds. The lowest BCUT2D eigenvalue weighted by molar-refractivity contribution is -0.123. The van der Waals surface area contributed by atoms with Crippen LogP contribution in [0.25, 0.3) is 0 Å². The number of rotatable bonds is 3. The first-order valence-electron chi connectivity index (χ1n) is 7.88. The minimum Gasteiger partial charge on any atom is -0.381 e. The van der Waals surface area contributed by atoms with Crippen LogP contribution in [-0.2, 0) is 9.53 Å². The van der Waals surface area contributed by atoms with Gasteiger partial charge in [0.2, 0.25) is 5.91 Å². The van der Waals surface area contributed by atoms with Crippen molar-refractivity contribution in [2.45, 2.75) is 63.6 Å². The molecule has 1 aliphatic carbocycles. The molecule has 3 rings (SSSR count). The molecule has 5 atom stereocenters. The maximum Gasteiger partial charge on any atom is 0.237 e. The molecule has 1 saturated carbocycles. The van der Waals surface area contributed by atoms with Crippen LogP contribution in [0.2, 0.25) is 0 Å². The van der Waals surface area contributed by atoms with Crippen LogP contribution in [0, 0.1) is 11.8 Å². The summed E-state index contributed by atoms with van der Waals surface area (Å²) < 4.78 is 5.40. The zero-order valence-corrected chi connectivity index (χ0v) is 11.9. The van der Waals surface area contributed by atoms with E-state index in [1.54, 1.807) is 0 Å². The summed E-state index contributed by atoms with van der Waals surface area (Å²) >= 11 is 0. The fourth-order valence-corrected chi connectivity index (χ4v) is 3.91. The first-order chi connectivity index (χ1) is 9.24. The summed E-state index contributed by atoms with van der Waals surface area (Å²) in [6.45, 7) is 3.75. The Bertz CT molecular complexity index is 314. The highest BCUT2D eigenvalue weighted by Gasteiger charge is 2.38. The molecule has 19 heavy (non-hydrogen) atoms. The van der Waals surface area contributed by atoms with Crippen LogP contribution in [0.3, 0.4) is 0 Å². The average molecular weight is 266 g/mol. The van der Waals surface area contributed by atoms with Crippen molar-refractivity contribution in [3.8, 4) is 0 Å². The quantitative estimate of drug-likeness (QED) is 0.813. The Morgan fingerprint density at radius 3 is 2.89 bits per heavy atom. The summed E-state index contributed by atoms with van der Waals surface area (Å²) in [5.74, 6) is 1.43. The van der Waals surface area contributed by atoms with Crippen LogP contribution in [0.1, 0.15) is 45.4 Å². The summed E-state index contributed by atoms with van der Waals surface area (Å²) in [4.78, 5) is 12.3. The van der Waals surface area contributed by atoms with Crippen molar-refractivity contribution in [2.24, 2.45) is 11.8 Å². The van der Waals surface area contributed by atoms with E-state index in [9.17, 15) is 4.79 Å². The summed E-state index contributed by atoms with van der Waals surface area (Å²) in [6.07, 6.45) is 7.31. The topological polar surface area (TPSA) is 50.4 Å². The third-order valence-electron chi connectivity index (χ3n) is 5.22. The Kier molecular flexibility index (Phi) is 4.08. The first-order valence-corrected chi connectivity index (χ1v) is 7.88. The van der Waals surface area contributed by atoms with Crippen LogP contribution in [0.4, 0.5) is 0 Å². The highest BCUT2D eigenvalue weighted by molar-refractivity contribution is 5.82. The SMILES string of the molecule is CC(NC(=O)C1CC2CCCCC2N1)C1CCOC1. The molecule has 4 nitrogen and oxygen atoms in total. The summed E-state index contributed by atoms with van der Waals surface area (Å²) in [7, 11) is 0. The number of nitrogens with one attached hydrogen (secondary N) is 2. The van der Waals surface area contributed by atoms with Crippen molar-refractivity contribution in [1.82, 2.24) is 10.6 Å². The maximum absolute atomic E-state index is 12.3. The summed E-state index contributed by atoms with van der Waals surface area (Å²) in [5, 5.41) is 6.74. The molecule has 0 radical (unpaired) electrons. The van der Waals surface area contributed by atoms with Crippen molar-refractivity contribution < 1.29 is 9.53 Å². The van der Waals surface area contributed by atoms with E-state index < -0.39 is 0 Å². The van der Waals surface area contributed by atoms with Gasteiger partial charge in [0.1, 0.15) is 0 Å². The fourth-order valence-electron chi connectivity index (χ4n) is 3.91. The molecular formula is C15H26N2O2.